The van der Waals surface area contributed by atoms with Crippen molar-refractivity contribution in [2.45, 2.75) is 60.2 Å². The van der Waals surface area contributed by atoms with Crippen molar-refractivity contribution < 1.29 is 115 Å². The summed E-state index contributed by atoms with van der Waals surface area (Å²) in [5, 5.41) is 0. The van der Waals surface area contributed by atoms with Gasteiger partial charge in [-0.3, -0.25) is 9.59 Å². The van der Waals surface area contributed by atoms with Crippen LogP contribution in [0.15, 0.2) is 0 Å². The van der Waals surface area contributed by atoms with E-state index in [1.54, 1.807) is 0 Å². The lowest BCUT2D eigenvalue weighted by Crippen LogP contribution is -2.66. The molecule has 0 fully saturated rings. The summed E-state index contributed by atoms with van der Waals surface area (Å²) in [5.74, 6) is -24.3. The van der Waals surface area contributed by atoms with Crippen molar-refractivity contribution in [2.24, 2.45) is 0 Å². The van der Waals surface area contributed by atoms with E-state index in [1.165, 1.54) is 0 Å². The average molecular weight is 632 g/mol. The summed E-state index contributed by atoms with van der Waals surface area (Å²) >= 11 is 0. The molecule has 0 heterocycles. The molecule has 0 aliphatic carbocycles. The van der Waals surface area contributed by atoms with E-state index in [2.05, 4.69) is 0 Å². The van der Waals surface area contributed by atoms with Crippen molar-refractivity contribution in [3.8, 4) is 0 Å². The number of alkyl halides is 24. The van der Waals surface area contributed by atoms with Crippen molar-refractivity contribution >= 4 is 11.6 Å². The first-order chi connectivity index (χ1) is 15.8. The molecule has 0 aromatic carbocycles. The third-order valence-corrected chi connectivity index (χ3v) is 3.47. The van der Waals surface area contributed by atoms with E-state index in [9.17, 15) is 115 Å². The highest BCUT2D eigenvalue weighted by Crippen LogP contribution is 2.53. The van der Waals surface area contributed by atoms with Gasteiger partial charge >= 0.3 is 60.2 Å². The third-order valence-electron chi connectivity index (χ3n) is 3.47. The number of carbonyl (C=O) groups excluding carboxylic acids is 2. The van der Waals surface area contributed by atoms with Crippen LogP contribution >= 0.6 is 0 Å². The van der Waals surface area contributed by atoms with E-state index < -0.39 is 71.8 Å². The maximum atomic E-state index is 12.6. The van der Waals surface area contributed by atoms with Gasteiger partial charge in [0.1, 0.15) is 0 Å². The summed E-state index contributed by atoms with van der Waals surface area (Å²) in [4.78, 5) is 20.3. The highest BCUT2D eigenvalue weighted by atomic mass is 19.5. The van der Waals surface area contributed by atoms with Gasteiger partial charge in [0.25, 0.3) is 11.6 Å². The van der Waals surface area contributed by atoms with Crippen LogP contribution in [0.1, 0.15) is 0 Å². The van der Waals surface area contributed by atoms with Crippen molar-refractivity contribution in [3.63, 3.8) is 0 Å². The molecule has 0 aromatic heterocycles. The smallest absolute Gasteiger partial charge is 0.288 e. The number of Topliss-reactive ketones (excluding diaryl/α,β-unsaturated/α-hetero) is 2. The lowest BCUT2D eigenvalue weighted by molar-refractivity contribution is -0.343. The van der Waals surface area contributed by atoms with E-state index in [1.807, 2.05) is 0 Å². The average Bonchev–Trinajstić information content (AvgIpc) is 2.60. The SMILES string of the molecule is O=C(C(F)(F)C(F)(F)F)C(F)(C(F)(F)F)C(F)(F)F.O=C(C(F)(F)C(F)(F)F)C(F)(C(F)(F)F)C(F)(F)F. The number of hydrogen-bond donors (Lipinski definition) is 0. The van der Waals surface area contributed by atoms with Gasteiger partial charge in [-0.15, -0.1) is 0 Å². The Bertz CT molecular complexity index is 756. The number of rotatable bonds is 4. The van der Waals surface area contributed by atoms with Gasteiger partial charge in [0.15, 0.2) is 0 Å². The molecule has 0 atom stereocenters. The Morgan fingerprint density at radius 3 is 0.474 bits per heavy atom. The largest absolute Gasteiger partial charge is 0.461 e. The van der Waals surface area contributed by atoms with E-state index in [-0.39, 0.29) is 0 Å². The predicted octanol–water partition coefficient (Wildman–Crippen LogP) is 7.17. The molecule has 26 heteroatoms. The van der Waals surface area contributed by atoms with Gasteiger partial charge in [-0.1, -0.05) is 0 Å². The summed E-state index contributed by atoms with van der Waals surface area (Å²) < 4.78 is 284. The fraction of sp³-hybridized carbons (Fsp3) is 0.833. The van der Waals surface area contributed by atoms with Crippen LogP contribution in [0.4, 0.5) is 105 Å². The van der Waals surface area contributed by atoms with E-state index in [0.29, 0.717) is 0 Å². The second-order valence-electron chi connectivity index (χ2n) is 6.11. The van der Waals surface area contributed by atoms with E-state index in [0.717, 1.165) is 0 Å². The van der Waals surface area contributed by atoms with Crippen molar-refractivity contribution in [2.75, 3.05) is 0 Å². The van der Waals surface area contributed by atoms with Crippen molar-refractivity contribution in [3.05, 3.63) is 0 Å². The zero-order valence-corrected chi connectivity index (χ0v) is 15.9. The molecule has 2 nitrogen and oxygen atoms in total. The first-order valence-corrected chi connectivity index (χ1v) is 7.44. The summed E-state index contributed by atoms with van der Waals surface area (Å²) in [5.41, 5.74) is -14.7. The minimum atomic E-state index is -7.34. The Labute approximate surface area is 188 Å². The van der Waals surface area contributed by atoms with Gasteiger partial charge in [0.05, 0.1) is 0 Å². The number of halogens is 24. The lowest BCUT2D eigenvalue weighted by Gasteiger charge is -2.31. The summed E-state index contributed by atoms with van der Waals surface area (Å²) in [6, 6.07) is 0. The van der Waals surface area contributed by atoms with E-state index in [4.69, 9.17) is 0 Å². The van der Waals surface area contributed by atoms with Crippen LogP contribution in [0.3, 0.4) is 0 Å². The standard InChI is InChI=1S/2C6F12O/c2*7-2(4(10,11)12,5(13,14)15)1(19)3(8,9)6(16,17)18. The number of carbonyl (C=O) groups is 2. The molecule has 0 radical (unpaired) electrons. The first kappa shape index (κ1) is 37.8. The monoisotopic (exact) mass is 632 g/mol. The Hall–Kier alpha value is -2.34. The first-order valence-electron chi connectivity index (χ1n) is 7.44. The molecule has 38 heavy (non-hydrogen) atoms. The second kappa shape index (κ2) is 9.69. The van der Waals surface area contributed by atoms with E-state index >= 15 is 0 Å². The molecule has 0 amide bonds. The van der Waals surface area contributed by atoms with Gasteiger partial charge in [0, 0.05) is 0 Å². The van der Waals surface area contributed by atoms with Crippen molar-refractivity contribution in [1.29, 1.82) is 0 Å². The van der Waals surface area contributed by atoms with Crippen molar-refractivity contribution in [1.82, 2.24) is 0 Å². The summed E-state index contributed by atoms with van der Waals surface area (Å²) in [6.07, 6.45) is -43.6. The van der Waals surface area contributed by atoms with Gasteiger partial charge in [-0.2, -0.15) is 96.6 Å². The van der Waals surface area contributed by atoms with Crippen LogP contribution in [-0.4, -0.2) is 71.8 Å². The molecule has 0 rings (SSSR count). The van der Waals surface area contributed by atoms with Gasteiger partial charge < -0.3 is 0 Å². The van der Waals surface area contributed by atoms with Gasteiger partial charge in [-0.05, 0) is 0 Å². The molecule has 0 aliphatic rings. The second-order valence-corrected chi connectivity index (χ2v) is 6.11. The third kappa shape index (κ3) is 6.27. The highest BCUT2D eigenvalue weighted by Gasteiger charge is 2.85. The normalized spacial score (nSPS) is 15.6. The van der Waals surface area contributed by atoms with Crippen LogP contribution in [-0.2, 0) is 9.59 Å². The molecule has 0 saturated heterocycles. The summed E-state index contributed by atoms with van der Waals surface area (Å²) in [7, 11) is 0. The topological polar surface area (TPSA) is 34.1 Å². The summed E-state index contributed by atoms with van der Waals surface area (Å²) in [6.45, 7) is 0. The Balaban J connectivity index is 0. The Kier molecular flexibility index (Phi) is 9.64. The zero-order chi connectivity index (χ0) is 32.2. The highest BCUT2D eigenvalue weighted by molar-refractivity contribution is 5.96. The Morgan fingerprint density at radius 2 is 0.395 bits per heavy atom. The molecule has 228 valence electrons. The quantitative estimate of drug-likeness (QED) is 0.308. The fourth-order valence-electron chi connectivity index (χ4n) is 1.53. The van der Waals surface area contributed by atoms with Crippen LogP contribution in [0, 0.1) is 0 Å². The molecular weight excluding hydrogens is 632 g/mol. The number of hydrogen-bond acceptors (Lipinski definition) is 2. The fourth-order valence-corrected chi connectivity index (χ4v) is 1.53. The van der Waals surface area contributed by atoms with Crippen LogP contribution < -0.4 is 0 Å². The molecule has 0 N–H and O–H groups in total. The van der Waals surface area contributed by atoms with Crippen LogP contribution in [0.25, 0.3) is 0 Å². The Morgan fingerprint density at radius 1 is 0.263 bits per heavy atom. The minimum absolute atomic E-state index is 4.99. The molecule has 0 saturated carbocycles. The molecular formula is C12F24O2. The molecule has 0 aromatic rings. The predicted molar refractivity (Wildman–Crippen MR) is 63.9 cm³/mol. The molecule has 0 spiro atoms. The van der Waals surface area contributed by atoms with Gasteiger partial charge in [0.2, 0.25) is 0 Å². The molecule has 0 aliphatic heterocycles. The zero-order valence-electron chi connectivity index (χ0n) is 15.9. The van der Waals surface area contributed by atoms with Crippen LogP contribution in [0.2, 0.25) is 0 Å². The maximum Gasteiger partial charge on any atom is 0.461 e. The lowest BCUT2D eigenvalue weighted by atomic mass is 9.93. The van der Waals surface area contributed by atoms with Gasteiger partial charge in [-0.25, -0.2) is 8.78 Å². The molecule has 0 bridgehead atoms. The number of ketones is 2. The maximum absolute atomic E-state index is 12.6. The van der Waals surface area contributed by atoms with Crippen LogP contribution in [0.5, 0.6) is 0 Å². The molecule has 0 unspecified atom stereocenters. The minimum Gasteiger partial charge on any atom is -0.288 e.